The summed E-state index contributed by atoms with van der Waals surface area (Å²) in [5.41, 5.74) is 2.21. The van der Waals surface area contributed by atoms with E-state index in [1.165, 1.54) is 69.4 Å². The van der Waals surface area contributed by atoms with E-state index in [0.29, 0.717) is 10.6 Å². The molecule has 0 unspecified atom stereocenters. The van der Waals surface area contributed by atoms with Gasteiger partial charge in [0.25, 0.3) is 5.19 Å². The van der Waals surface area contributed by atoms with Crippen molar-refractivity contribution in [2.75, 3.05) is 38.2 Å². The molecule has 1 aliphatic carbocycles. The summed E-state index contributed by atoms with van der Waals surface area (Å²) in [6.07, 6.45) is 9.65. The van der Waals surface area contributed by atoms with Gasteiger partial charge < -0.3 is 14.5 Å². The van der Waals surface area contributed by atoms with Gasteiger partial charge in [0.2, 0.25) is 0 Å². The molecule has 1 spiro atoms. The number of ether oxygens (including phenoxy) is 1. The maximum Gasteiger partial charge on any atom is 0.273 e. The number of methoxy groups -OCH3 is 1. The van der Waals surface area contributed by atoms with Crippen molar-refractivity contribution >= 4 is 17.2 Å². The molecule has 2 aromatic rings. The van der Waals surface area contributed by atoms with E-state index >= 15 is 0 Å². The monoisotopic (exact) mass is 399 g/mol. The second kappa shape index (κ2) is 7.59. The van der Waals surface area contributed by atoms with Gasteiger partial charge in [-0.05, 0) is 69.2 Å². The summed E-state index contributed by atoms with van der Waals surface area (Å²) in [5, 5.41) is 11.5. The number of hydrogen-bond donors (Lipinski definition) is 0. The van der Waals surface area contributed by atoms with Crippen LogP contribution in [0, 0.1) is 5.41 Å². The summed E-state index contributed by atoms with van der Waals surface area (Å²) < 4.78 is 5.17. The molecule has 2 aliphatic heterocycles. The van der Waals surface area contributed by atoms with Crippen LogP contribution in [0.5, 0.6) is 5.19 Å². The minimum atomic E-state index is 0.571. The van der Waals surface area contributed by atoms with Gasteiger partial charge in [-0.2, -0.15) is 0 Å². The molecule has 3 fully saturated rings. The Bertz CT molecular complexity index is 785. The molecule has 0 atom stereocenters. The lowest BCUT2D eigenvalue weighted by Crippen LogP contribution is -2.51. The van der Waals surface area contributed by atoms with Gasteiger partial charge in [0, 0.05) is 24.5 Å². The third kappa shape index (κ3) is 3.50. The Labute approximate surface area is 170 Å². The second-order valence-electron chi connectivity index (χ2n) is 8.59. The van der Waals surface area contributed by atoms with Crippen molar-refractivity contribution in [2.45, 2.75) is 51.0 Å². The van der Waals surface area contributed by atoms with E-state index < -0.39 is 0 Å². The molecule has 1 saturated carbocycles. The summed E-state index contributed by atoms with van der Waals surface area (Å²) >= 11 is 1.48. The number of rotatable bonds is 4. The van der Waals surface area contributed by atoms with Crippen molar-refractivity contribution in [3.05, 3.63) is 17.5 Å². The van der Waals surface area contributed by atoms with Gasteiger partial charge >= 0.3 is 0 Å². The molecule has 4 heterocycles. The number of likely N-dealkylation sites (tertiary alicyclic amines) is 1. The van der Waals surface area contributed by atoms with Gasteiger partial charge in [0.05, 0.1) is 7.11 Å². The number of aromatic nitrogens is 3. The fraction of sp³-hybridized carbons (Fsp3) is 0.667. The molecule has 2 saturated heterocycles. The lowest BCUT2D eigenvalue weighted by molar-refractivity contribution is 0.0305. The van der Waals surface area contributed by atoms with Crippen LogP contribution in [0.4, 0.5) is 5.82 Å². The van der Waals surface area contributed by atoms with Gasteiger partial charge in [-0.15, -0.1) is 10.2 Å². The predicted octanol–water partition coefficient (Wildman–Crippen LogP) is 3.84. The number of hydrogen-bond acceptors (Lipinski definition) is 7. The molecule has 0 amide bonds. The van der Waals surface area contributed by atoms with Crippen molar-refractivity contribution in [3.8, 4) is 16.6 Å². The molecular formula is C21H29N5OS. The molecule has 0 aromatic carbocycles. The van der Waals surface area contributed by atoms with Crippen LogP contribution in [-0.2, 0) is 0 Å². The molecule has 0 radical (unpaired) electrons. The van der Waals surface area contributed by atoms with E-state index in [4.69, 9.17) is 4.74 Å². The van der Waals surface area contributed by atoms with Crippen molar-refractivity contribution in [1.29, 1.82) is 0 Å². The first-order valence-corrected chi connectivity index (χ1v) is 11.5. The third-order valence-electron chi connectivity index (χ3n) is 7.17. The maximum absolute atomic E-state index is 5.17. The lowest BCUT2D eigenvalue weighted by Gasteiger charge is -2.50. The quantitative estimate of drug-likeness (QED) is 0.779. The Kier molecular flexibility index (Phi) is 4.97. The molecule has 0 bridgehead atoms. The predicted molar refractivity (Wildman–Crippen MR) is 112 cm³/mol. The van der Waals surface area contributed by atoms with Gasteiger partial charge in [-0.25, -0.2) is 4.98 Å². The highest BCUT2D eigenvalue weighted by Gasteiger charge is 2.39. The van der Waals surface area contributed by atoms with E-state index in [1.54, 1.807) is 7.11 Å². The first kappa shape index (κ1) is 18.3. The fourth-order valence-corrected chi connectivity index (χ4v) is 5.56. The first-order valence-electron chi connectivity index (χ1n) is 10.6. The molecular weight excluding hydrogens is 370 g/mol. The van der Waals surface area contributed by atoms with E-state index in [-0.39, 0.29) is 0 Å². The van der Waals surface area contributed by atoms with E-state index in [0.717, 1.165) is 36.3 Å². The highest BCUT2D eigenvalue weighted by molar-refractivity contribution is 7.11. The largest absolute Gasteiger partial charge is 0.473 e. The zero-order valence-corrected chi connectivity index (χ0v) is 17.5. The number of nitrogens with zero attached hydrogens (tertiary/aromatic N) is 5. The zero-order chi connectivity index (χ0) is 19.0. The maximum atomic E-state index is 5.17. The normalized spacial score (nSPS) is 23.0. The Morgan fingerprint density at radius 2 is 1.75 bits per heavy atom. The van der Waals surface area contributed by atoms with Crippen LogP contribution >= 0.6 is 11.3 Å². The molecule has 3 aliphatic rings. The van der Waals surface area contributed by atoms with Crippen molar-refractivity contribution in [3.63, 3.8) is 0 Å². The van der Waals surface area contributed by atoms with E-state index in [9.17, 15) is 0 Å². The van der Waals surface area contributed by atoms with Crippen molar-refractivity contribution in [2.24, 2.45) is 5.41 Å². The molecule has 150 valence electrons. The van der Waals surface area contributed by atoms with Crippen LogP contribution < -0.4 is 9.64 Å². The highest BCUT2D eigenvalue weighted by atomic mass is 32.1. The average Bonchev–Trinajstić information content (AvgIpc) is 3.19. The smallest absolute Gasteiger partial charge is 0.273 e. The third-order valence-corrected chi connectivity index (χ3v) is 7.97. The summed E-state index contributed by atoms with van der Waals surface area (Å²) in [7, 11) is 1.64. The lowest BCUT2D eigenvalue weighted by atomic mass is 9.70. The van der Waals surface area contributed by atoms with Gasteiger partial charge in [-0.3, -0.25) is 0 Å². The van der Waals surface area contributed by atoms with Crippen LogP contribution in [0.3, 0.4) is 0 Å². The second-order valence-corrected chi connectivity index (χ2v) is 9.41. The summed E-state index contributed by atoms with van der Waals surface area (Å²) in [6.45, 7) is 4.83. The zero-order valence-electron chi connectivity index (χ0n) is 16.6. The van der Waals surface area contributed by atoms with Gasteiger partial charge in [0.1, 0.15) is 11.4 Å². The first-order chi connectivity index (χ1) is 13.7. The number of thiazole rings is 1. The van der Waals surface area contributed by atoms with E-state index in [2.05, 4.69) is 31.0 Å². The number of anilines is 1. The Morgan fingerprint density at radius 1 is 1.00 bits per heavy atom. The summed E-state index contributed by atoms with van der Waals surface area (Å²) in [5.74, 6) is 0.993. The molecule has 0 N–H and O–H groups in total. The fourth-order valence-electron chi connectivity index (χ4n) is 4.92. The van der Waals surface area contributed by atoms with Crippen LogP contribution in [0.25, 0.3) is 11.4 Å². The van der Waals surface area contributed by atoms with Gasteiger partial charge in [-0.1, -0.05) is 17.8 Å². The number of piperidine rings is 2. The Balaban J connectivity index is 1.18. The molecule has 28 heavy (non-hydrogen) atoms. The van der Waals surface area contributed by atoms with Crippen LogP contribution in [-0.4, -0.2) is 59.4 Å². The Hall–Kier alpha value is -1.73. The molecule has 7 heteroatoms. The Morgan fingerprint density at radius 3 is 2.32 bits per heavy atom. The minimum Gasteiger partial charge on any atom is -0.473 e. The van der Waals surface area contributed by atoms with Crippen molar-refractivity contribution < 1.29 is 4.74 Å². The molecule has 5 rings (SSSR count). The molecule has 2 aromatic heterocycles. The van der Waals surface area contributed by atoms with Crippen LogP contribution in [0.2, 0.25) is 0 Å². The topological polar surface area (TPSA) is 54.4 Å². The van der Waals surface area contributed by atoms with Crippen molar-refractivity contribution in [1.82, 2.24) is 20.1 Å². The van der Waals surface area contributed by atoms with Crippen LogP contribution in [0.15, 0.2) is 17.5 Å². The molecule has 6 nitrogen and oxygen atoms in total. The van der Waals surface area contributed by atoms with Crippen LogP contribution in [0.1, 0.15) is 44.9 Å². The highest BCUT2D eigenvalue weighted by Crippen LogP contribution is 2.43. The standard InChI is InChI=1S/C21H29N5OS/c1-27-20-22-18(15-28-20)17-5-6-19(24-23-17)26-13-9-21(10-14-26)7-11-25(12-8-21)16-3-2-4-16/h5-6,15-16H,2-4,7-14H2,1H3. The van der Waals surface area contributed by atoms with E-state index in [1.807, 2.05) is 11.4 Å². The average molecular weight is 400 g/mol. The SMILES string of the molecule is COc1nc(-c2ccc(N3CCC4(CC3)CCN(C3CCC3)CC4)nn2)cs1. The summed E-state index contributed by atoms with van der Waals surface area (Å²) in [4.78, 5) is 9.57. The van der Waals surface area contributed by atoms with Gasteiger partial charge in [0.15, 0.2) is 5.82 Å². The minimum absolute atomic E-state index is 0.571. The summed E-state index contributed by atoms with van der Waals surface area (Å²) in [6, 6.07) is 5.02.